The van der Waals surface area contributed by atoms with Crippen LogP contribution in [0.2, 0.25) is 0 Å². The van der Waals surface area contributed by atoms with E-state index in [1.54, 1.807) is 0 Å². The maximum Gasteiger partial charge on any atom is 0.0779 e. The van der Waals surface area contributed by atoms with Crippen molar-refractivity contribution in [1.29, 1.82) is 0 Å². The lowest BCUT2D eigenvalue weighted by Crippen LogP contribution is -2.52. The van der Waals surface area contributed by atoms with Crippen LogP contribution in [0.15, 0.2) is 0 Å². The summed E-state index contributed by atoms with van der Waals surface area (Å²) in [4.78, 5) is 0. The van der Waals surface area contributed by atoms with E-state index in [1.807, 2.05) is 0 Å². The van der Waals surface area contributed by atoms with Gasteiger partial charge in [0, 0.05) is 4.43 Å². The first-order valence-electron chi connectivity index (χ1n) is 7.25. The molecule has 0 radical (unpaired) electrons. The predicted molar refractivity (Wildman–Crippen MR) is 79.5 cm³/mol. The first kappa shape index (κ1) is 12.7. The Morgan fingerprint density at radius 2 is 2.00 bits per heavy atom. The number of rotatable bonds is 1. The summed E-state index contributed by atoms with van der Waals surface area (Å²) in [6.45, 7) is 7.25. The van der Waals surface area contributed by atoms with Gasteiger partial charge in [0.2, 0.25) is 0 Å². The fourth-order valence-electron chi connectivity index (χ4n) is 4.95. The van der Waals surface area contributed by atoms with Crippen LogP contribution >= 0.6 is 22.6 Å². The molecule has 0 aromatic rings. The van der Waals surface area contributed by atoms with Crippen molar-refractivity contribution in [2.24, 2.45) is 23.7 Å². The highest BCUT2D eigenvalue weighted by atomic mass is 127. The van der Waals surface area contributed by atoms with Crippen molar-refractivity contribution in [3.63, 3.8) is 0 Å². The molecular weight excluding hydrogens is 323 g/mol. The van der Waals surface area contributed by atoms with Crippen molar-refractivity contribution >= 4 is 22.6 Å². The number of hydrogen-bond acceptors (Lipinski definition) is 1. The van der Waals surface area contributed by atoms with Crippen molar-refractivity contribution in [2.45, 2.75) is 64.1 Å². The lowest BCUT2D eigenvalue weighted by molar-refractivity contribution is -0.196. The number of fused-ring (bicyclic) bond motifs is 2. The molecule has 2 bridgehead atoms. The third-order valence-electron chi connectivity index (χ3n) is 6.11. The van der Waals surface area contributed by atoms with E-state index >= 15 is 0 Å². The zero-order valence-corrected chi connectivity index (χ0v) is 13.5. The Hall–Kier alpha value is 0.690. The van der Waals surface area contributed by atoms with Crippen molar-refractivity contribution in [3.8, 4) is 0 Å². The Morgan fingerprint density at radius 3 is 2.71 bits per heavy atom. The SMILES string of the molecule is C[C@@H]1CC[C@@H]2[C@@H]1C[C@H]1CC[C@]2(C)O[C@]1(C)CI. The van der Waals surface area contributed by atoms with Gasteiger partial charge >= 0.3 is 0 Å². The molecule has 2 saturated heterocycles. The second kappa shape index (κ2) is 4.09. The summed E-state index contributed by atoms with van der Waals surface area (Å²) in [5.41, 5.74) is 0.333. The van der Waals surface area contributed by atoms with E-state index in [-0.39, 0.29) is 11.2 Å². The molecule has 0 aromatic heterocycles. The third kappa shape index (κ3) is 1.80. The number of hydrogen-bond donors (Lipinski definition) is 0. The molecule has 0 spiro atoms. The van der Waals surface area contributed by atoms with Crippen LogP contribution in [-0.2, 0) is 4.74 Å². The Morgan fingerprint density at radius 1 is 1.24 bits per heavy atom. The van der Waals surface area contributed by atoms with Gasteiger partial charge in [-0.25, -0.2) is 0 Å². The smallest absolute Gasteiger partial charge is 0.0779 e. The van der Waals surface area contributed by atoms with Crippen molar-refractivity contribution in [2.75, 3.05) is 4.43 Å². The van der Waals surface area contributed by atoms with Gasteiger partial charge in [-0.2, -0.15) is 0 Å². The van der Waals surface area contributed by atoms with Crippen LogP contribution in [0.5, 0.6) is 0 Å². The van der Waals surface area contributed by atoms with Crippen LogP contribution < -0.4 is 0 Å². The number of alkyl halides is 1. The van der Waals surface area contributed by atoms with Gasteiger partial charge in [0.15, 0.2) is 0 Å². The largest absolute Gasteiger partial charge is 0.368 e. The maximum atomic E-state index is 6.69. The summed E-state index contributed by atoms with van der Waals surface area (Å²) in [5, 5.41) is 0. The minimum absolute atomic E-state index is 0.150. The minimum Gasteiger partial charge on any atom is -0.368 e. The Labute approximate surface area is 119 Å². The fraction of sp³-hybridized carbons (Fsp3) is 1.00. The highest BCUT2D eigenvalue weighted by Crippen LogP contribution is 2.58. The summed E-state index contributed by atoms with van der Waals surface area (Å²) < 4.78 is 7.84. The molecule has 98 valence electrons. The van der Waals surface area contributed by atoms with Crippen molar-refractivity contribution in [1.82, 2.24) is 0 Å². The van der Waals surface area contributed by atoms with Crippen LogP contribution in [-0.4, -0.2) is 15.6 Å². The molecule has 4 aliphatic rings. The van der Waals surface area contributed by atoms with E-state index in [1.165, 1.54) is 32.1 Å². The summed E-state index contributed by atoms with van der Waals surface area (Å²) >= 11 is 2.53. The quantitative estimate of drug-likeness (QED) is 0.503. The van der Waals surface area contributed by atoms with Crippen LogP contribution in [0, 0.1) is 23.7 Å². The van der Waals surface area contributed by atoms with Crippen LogP contribution in [0.1, 0.15) is 52.9 Å². The molecule has 2 heteroatoms. The second-order valence-electron chi connectivity index (χ2n) is 7.16. The average molecular weight is 348 g/mol. The lowest BCUT2D eigenvalue weighted by atomic mass is 9.78. The van der Waals surface area contributed by atoms with Gasteiger partial charge in [0.05, 0.1) is 11.2 Å². The van der Waals surface area contributed by atoms with Crippen LogP contribution in [0.25, 0.3) is 0 Å². The molecule has 0 unspecified atom stereocenters. The third-order valence-corrected chi connectivity index (χ3v) is 7.62. The van der Waals surface area contributed by atoms with Gasteiger partial charge in [-0.1, -0.05) is 35.9 Å². The molecule has 6 atom stereocenters. The molecule has 0 N–H and O–H groups in total. The van der Waals surface area contributed by atoms with Crippen molar-refractivity contribution < 1.29 is 4.74 Å². The van der Waals surface area contributed by atoms with Gasteiger partial charge in [-0.15, -0.1) is 0 Å². The molecule has 17 heavy (non-hydrogen) atoms. The molecule has 2 aliphatic carbocycles. The second-order valence-corrected chi connectivity index (χ2v) is 7.92. The van der Waals surface area contributed by atoms with Crippen LogP contribution in [0.4, 0.5) is 0 Å². The zero-order chi connectivity index (χ0) is 12.3. The number of ether oxygens (including phenoxy) is 1. The first-order valence-corrected chi connectivity index (χ1v) is 8.77. The van der Waals surface area contributed by atoms with E-state index in [0.717, 1.165) is 28.1 Å². The molecule has 0 amide bonds. The molecule has 4 rings (SSSR count). The van der Waals surface area contributed by atoms with Gasteiger partial charge < -0.3 is 4.74 Å². The summed E-state index contributed by atoms with van der Waals surface area (Å²) in [6, 6.07) is 0. The highest BCUT2D eigenvalue weighted by molar-refractivity contribution is 14.1. The Bertz CT molecular complexity index is 318. The molecule has 4 fully saturated rings. The predicted octanol–water partition coefficient (Wildman–Crippen LogP) is 4.43. The van der Waals surface area contributed by atoms with E-state index in [4.69, 9.17) is 4.74 Å². The molecule has 2 saturated carbocycles. The van der Waals surface area contributed by atoms with Crippen LogP contribution in [0.3, 0.4) is 0 Å². The van der Waals surface area contributed by atoms with E-state index in [0.29, 0.717) is 0 Å². The average Bonchev–Trinajstić information content (AvgIpc) is 2.53. The topological polar surface area (TPSA) is 9.23 Å². The van der Waals surface area contributed by atoms with Gasteiger partial charge in [-0.3, -0.25) is 0 Å². The molecule has 1 nitrogen and oxygen atoms in total. The lowest BCUT2D eigenvalue weighted by Gasteiger charge is -2.48. The molecule has 0 aromatic carbocycles. The first-order chi connectivity index (χ1) is 7.98. The Kier molecular flexibility index (Phi) is 3.06. The van der Waals surface area contributed by atoms with Gasteiger partial charge in [0.25, 0.3) is 0 Å². The Balaban J connectivity index is 1.97. The molecular formula is C15H25IO. The number of halogens is 1. The monoisotopic (exact) mass is 348 g/mol. The van der Waals surface area contributed by atoms with E-state index < -0.39 is 0 Å². The normalized spacial score (nSPS) is 57.9. The van der Waals surface area contributed by atoms with Gasteiger partial charge in [0.1, 0.15) is 0 Å². The fourth-order valence-corrected chi connectivity index (χ4v) is 5.73. The summed E-state index contributed by atoms with van der Waals surface area (Å²) in [7, 11) is 0. The standard InChI is InChI=1S/C15H25IO/c1-10-4-5-13-12(10)8-11-6-7-14(13,2)17-15(11,3)9-16/h10-13H,4-9H2,1-3H3/t10-,11-,12-,13-,14+,15-/m1/s1. The van der Waals surface area contributed by atoms with E-state index in [2.05, 4.69) is 43.4 Å². The highest BCUT2D eigenvalue weighted by Gasteiger charge is 2.57. The zero-order valence-electron chi connectivity index (χ0n) is 11.3. The summed E-state index contributed by atoms with van der Waals surface area (Å²) in [5.74, 6) is 3.52. The minimum atomic E-state index is 0.150. The maximum absolute atomic E-state index is 6.69. The van der Waals surface area contributed by atoms with Gasteiger partial charge in [-0.05, 0) is 63.2 Å². The molecule has 2 heterocycles. The van der Waals surface area contributed by atoms with E-state index in [9.17, 15) is 0 Å². The van der Waals surface area contributed by atoms with Crippen molar-refractivity contribution in [3.05, 3.63) is 0 Å². The summed E-state index contributed by atoms with van der Waals surface area (Å²) in [6.07, 6.45) is 6.97. The molecule has 2 aliphatic heterocycles.